The van der Waals surface area contributed by atoms with Gasteiger partial charge in [-0.05, 0) is 37.1 Å². The molecule has 1 aliphatic heterocycles. The number of amides is 1. The van der Waals surface area contributed by atoms with Crippen molar-refractivity contribution >= 4 is 21.6 Å². The van der Waals surface area contributed by atoms with E-state index in [2.05, 4.69) is 5.32 Å². The van der Waals surface area contributed by atoms with E-state index >= 15 is 0 Å². The lowest BCUT2D eigenvalue weighted by Gasteiger charge is -2.26. The third-order valence-corrected chi connectivity index (χ3v) is 5.70. The Morgan fingerprint density at radius 1 is 1.23 bits per heavy atom. The number of sulfonamides is 1. The van der Waals surface area contributed by atoms with E-state index in [9.17, 15) is 13.2 Å². The molecule has 1 fully saturated rings. The maximum atomic E-state index is 12.0. The van der Waals surface area contributed by atoms with Gasteiger partial charge in [0.2, 0.25) is 10.0 Å². The van der Waals surface area contributed by atoms with Crippen LogP contribution in [0.2, 0.25) is 0 Å². The van der Waals surface area contributed by atoms with Gasteiger partial charge in [-0.3, -0.25) is 4.79 Å². The Hall–Kier alpha value is -1.60. The van der Waals surface area contributed by atoms with Crippen LogP contribution in [0.15, 0.2) is 24.3 Å². The molecule has 0 aliphatic carbocycles. The molecule has 1 heterocycles. The zero-order valence-electron chi connectivity index (χ0n) is 13.1. The molecule has 1 amide bonds. The van der Waals surface area contributed by atoms with Crippen molar-refractivity contribution in [2.24, 2.45) is 0 Å². The predicted octanol–water partition coefficient (Wildman–Crippen LogP) is 0.908. The molecule has 0 spiro atoms. The van der Waals surface area contributed by atoms with Crippen molar-refractivity contribution < 1.29 is 13.2 Å². The smallest absolute Gasteiger partial charge is 0.251 e. The van der Waals surface area contributed by atoms with Crippen LogP contribution in [0.5, 0.6) is 0 Å². The number of benzene rings is 1. The molecular weight excluding hydrogens is 302 g/mol. The SMILES string of the molecule is CN(C)c1ccc(C(=O)NCCN2CCCCS2(=O)=O)cc1. The van der Waals surface area contributed by atoms with Crippen molar-refractivity contribution in [1.82, 2.24) is 9.62 Å². The molecule has 2 rings (SSSR count). The summed E-state index contributed by atoms with van der Waals surface area (Å²) in [7, 11) is 0.752. The van der Waals surface area contributed by atoms with E-state index in [1.807, 2.05) is 31.1 Å². The van der Waals surface area contributed by atoms with Crippen LogP contribution in [0, 0.1) is 0 Å². The fraction of sp³-hybridized carbons (Fsp3) is 0.533. The first-order valence-corrected chi connectivity index (χ1v) is 9.04. The van der Waals surface area contributed by atoms with Crippen LogP contribution in [-0.4, -0.2) is 58.1 Å². The Morgan fingerprint density at radius 2 is 1.91 bits per heavy atom. The average molecular weight is 325 g/mol. The van der Waals surface area contributed by atoms with Crippen LogP contribution in [0.3, 0.4) is 0 Å². The summed E-state index contributed by atoms with van der Waals surface area (Å²) in [5.74, 6) is 0.0344. The van der Waals surface area contributed by atoms with Gasteiger partial charge in [0, 0.05) is 45.0 Å². The van der Waals surface area contributed by atoms with Crippen molar-refractivity contribution in [3.63, 3.8) is 0 Å². The molecule has 22 heavy (non-hydrogen) atoms. The molecule has 6 nitrogen and oxygen atoms in total. The molecule has 1 aliphatic rings. The van der Waals surface area contributed by atoms with Crippen molar-refractivity contribution in [3.05, 3.63) is 29.8 Å². The summed E-state index contributed by atoms with van der Waals surface area (Å²) in [4.78, 5) is 14.0. The second-order valence-electron chi connectivity index (χ2n) is 5.62. The highest BCUT2D eigenvalue weighted by Crippen LogP contribution is 2.13. The lowest BCUT2D eigenvalue weighted by atomic mass is 10.2. The summed E-state index contributed by atoms with van der Waals surface area (Å²) in [6.45, 7) is 1.22. The molecule has 0 aromatic heterocycles. The maximum Gasteiger partial charge on any atom is 0.251 e. The molecule has 1 saturated heterocycles. The summed E-state index contributed by atoms with van der Waals surface area (Å²) in [6, 6.07) is 7.29. The summed E-state index contributed by atoms with van der Waals surface area (Å²) < 4.78 is 25.1. The minimum atomic E-state index is -3.12. The van der Waals surface area contributed by atoms with Crippen LogP contribution >= 0.6 is 0 Å². The molecule has 7 heteroatoms. The first kappa shape index (κ1) is 16.8. The molecule has 0 radical (unpaired) electrons. The Kier molecular flexibility index (Phi) is 5.42. The van der Waals surface area contributed by atoms with Crippen LogP contribution in [0.25, 0.3) is 0 Å². The summed E-state index contributed by atoms with van der Waals surface area (Å²) in [5, 5.41) is 2.77. The maximum absolute atomic E-state index is 12.0. The van der Waals surface area contributed by atoms with E-state index in [4.69, 9.17) is 0 Å². The van der Waals surface area contributed by atoms with Crippen LogP contribution in [0.4, 0.5) is 5.69 Å². The molecule has 122 valence electrons. The summed E-state index contributed by atoms with van der Waals surface area (Å²) in [5.41, 5.74) is 1.60. The van der Waals surface area contributed by atoms with Gasteiger partial charge in [-0.1, -0.05) is 0 Å². The fourth-order valence-electron chi connectivity index (χ4n) is 2.40. The summed E-state index contributed by atoms with van der Waals surface area (Å²) >= 11 is 0. The van der Waals surface area contributed by atoms with E-state index in [0.29, 0.717) is 25.2 Å². The lowest BCUT2D eigenvalue weighted by Crippen LogP contribution is -2.42. The van der Waals surface area contributed by atoms with Crippen molar-refractivity contribution in [1.29, 1.82) is 0 Å². The van der Waals surface area contributed by atoms with Crippen molar-refractivity contribution in [2.75, 3.05) is 44.4 Å². The molecule has 1 N–H and O–H groups in total. The fourth-order valence-corrected chi connectivity index (χ4v) is 4.00. The molecule has 0 bridgehead atoms. The third kappa shape index (κ3) is 4.20. The molecule has 1 aromatic rings. The second kappa shape index (κ2) is 7.11. The standard InChI is InChI=1S/C15H23N3O3S/c1-17(2)14-7-5-13(6-8-14)15(19)16-9-11-18-10-3-4-12-22(18,20)21/h5-8H,3-4,9-12H2,1-2H3,(H,16,19). The van der Waals surface area contributed by atoms with Crippen LogP contribution < -0.4 is 10.2 Å². The number of rotatable bonds is 5. The van der Waals surface area contributed by atoms with E-state index in [-0.39, 0.29) is 11.7 Å². The highest BCUT2D eigenvalue weighted by Gasteiger charge is 2.25. The van der Waals surface area contributed by atoms with Gasteiger partial charge in [0.1, 0.15) is 0 Å². The second-order valence-corrected chi connectivity index (χ2v) is 7.71. The van der Waals surface area contributed by atoms with Gasteiger partial charge in [-0.25, -0.2) is 12.7 Å². The number of carbonyl (C=O) groups is 1. The van der Waals surface area contributed by atoms with Gasteiger partial charge in [-0.15, -0.1) is 0 Å². The van der Waals surface area contributed by atoms with Gasteiger partial charge in [-0.2, -0.15) is 0 Å². The zero-order chi connectivity index (χ0) is 16.2. The van der Waals surface area contributed by atoms with Gasteiger partial charge in [0.25, 0.3) is 5.91 Å². The van der Waals surface area contributed by atoms with E-state index in [1.54, 1.807) is 12.1 Å². The number of anilines is 1. The molecule has 1 aromatic carbocycles. The molecule has 0 saturated carbocycles. The minimum Gasteiger partial charge on any atom is -0.378 e. The zero-order valence-corrected chi connectivity index (χ0v) is 13.9. The number of nitrogens with zero attached hydrogens (tertiary/aromatic N) is 2. The predicted molar refractivity (Wildman–Crippen MR) is 87.7 cm³/mol. The van der Waals surface area contributed by atoms with E-state index in [1.165, 1.54) is 4.31 Å². The monoisotopic (exact) mass is 325 g/mol. The Bertz CT molecular complexity index is 611. The first-order chi connectivity index (χ1) is 10.4. The van der Waals surface area contributed by atoms with Gasteiger partial charge >= 0.3 is 0 Å². The summed E-state index contributed by atoms with van der Waals surface area (Å²) in [6.07, 6.45) is 1.61. The first-order valence-electron chi connectivity index (χ1n) is 7.43. The third-order valence-electron chi connectivity index (χ3n) is 3.75. The Balaban J connectivity index is 1.85. The largest absolute Gasteiger partial charge is 0.378 e. The van der Waals surface area contributed by atoms with Gasteiger partial charge < -0.3 is 10.2 Å². The topological polar surface area (TPSA) is 69.7 Å². The van der Waals surface area contributed by atoms with Gasteiger partial charge in [0.15, 0.2) is 0 Å². The number of hydrogen-bond acceptors (Lipinski definition) is 4. The highest BCUT2D eigenvalue weighted by molar-refractivity contribution is 7.89. The van der Waals surface area contributed by atoms with Crippen LogP contribution in [0.1, 0.15) is 23.2 Å². The number of carbonyl (C=O) groups excluding carboxylic acids is 1. The Morgan fingerprint density at radius 3 is 2.50 bits per heavy atom. The average Bonchev–Trinajstić information content (AvgIpc) is 2.48. The van der Waals surface area contributed by atoms with E-state index < -0.39 is 10.0 Å². The number of hydrogen-bond donors (Lipinski definition) is 1. The van der Waals surface area contributed by atoms with E-state index in [0.717, 1.165) is 18.5 Å². The Labute approximate surface area is 132 Å². The van der Waals surface area contributed by atoms with Crippen molar-refractivity contribution in [3.8, 4) is 0 Å². The number of nitrogens with one attached hydrogen (secondary N) is 1. The quantitative estimate of drug-likeness (QED) is 0.873. The normalized spacial score (nSPS) is 17.9. The molecule has 0 unspecified atom stereocenters. The van der Waals surface area contributed by atoms with Gasteiger partial charge in [0.05, 0.1) is 5.75 Å². The van der Waals surface area contributed by atoms with Crippen molar-refractivity contribution in [2.45, 2.75) is 12.8 Å². The molecular formula is C15H23N3O3S. The highest BCUT2D eigenvalue weighted by atomic mass is 32.2. The minimum absolute atomic E-state index is 0.181. The lowest BCUT2D eigenvalue weighted by molar-refractivity contribution is 0.0951. The van der Waals surface area contributed by atoms with Crippen LogP contribution in [-0.2, 0) is 10.0 Å². The molecule has 0 atom stereocenters.